The van der Waals surface area contributed by atoms with Gasteiger partial charge in [0.15, 0.2) is 0 Å². The molecular formula is C14H16BrN3. The third-order valence-electron chi connectivity index (χ3n) is 3.32. The van der Waals surface area contributed by atoms with Crippen molar-refractivity contribution in [2.24, 2.45) is 5.73 Å². The SMILES string of the molecule is NCCc1ccc(-n2ccc(C3CC3)n2)cc1Br. The van der Waals surface area contributed by atoms with Crippen LogP contribution in [-0.4, -0.2) is 16.3 Å². The fraction of sp³-hybridized carbons (Fsp3) is 0.357. The van der Waals surface area contributed by atoms with Gasteiger partial charge in [0.1, 0.15) is 0 Å². The Morgan fingerprint density at radius 3 is 2.83 bits per heavy atom. The molecule has 3 rings (SSSR count). The molecular weight excluding hydrogens is 290 g/mol. The van der Waals surface area contributed by atoms with Gasteiger partial charge in [0, 0.05) is 16.6 Å². The van der Waals surface area contributed by atoms with Gasteiger partial charge >= 0.3 is 0 Å². The summed E-state index contributed by atoms with van der Waals surface area (Å²) in [6.45, 7) is 0.672. The molecule has 1 aliphatic carbocycles. The topological polar surface area (TPSA) is 43.8 Å². The van der Waals surface area contributed by atoms with Gasteiger partial charge in [-0.05, 0) is 49.6 Å². The Kier molecular flexibility index (Phi) is 3.22. The molecule has 1 aromatic carbocycles. The normalized spacial score (nSPS) is 15.0. The van der Waals surface area contributed by atoms with E-state index in [1.165, 1.54) is 24.1 Å². The van der Waals surface area contributed by atoms with Gasteiger partial charge in [0.05, 0.1) is 11.4 Å². The van der Waals surface area contributed by atoms with E-state index in [2.05, 4.69) is 45.3 Å². The van der Waals surface area contributed by atoms with Gasteiger partial charge in [-0.2, -0.15) is 5.10 Å². The molecule has 4 heteroatoms. The molecule has 0 unspecified atom stereocenters. The van der Waals surface area contributed by atoms with E-state index in [4.69, 9.17) is 5.73 Å². The summed E-state index contributed by atoms with van der Waals surface area (Å²) in [4.78, 5) is 0. The third-order valence-corrected chi connectivity index (χ3v) is 4.06. The van der Waals surface area contributed by atoms with E-state index < -0.39 is 0 Å². The van der Waals surface area contributed by atoms with Crippen LogP contribution < -0.4 is 5.73 Å². The van der Waals surface area contributed by atoms with Crippen LogP contribution in [0.1, 0.15) is 30.0 Å². The Morgan fingerprint density at radius 2 is 2.17 bits per heavy atom. The molecule has 94 valence electrons. The number of halogens is 1. The molecule has 3 nitrogen and oxygen atoms in total. The van der Waals surface area contributed by atoms with E-state index in [-0.39, 0.29) is 0 Å². The highest BCUT2D eigenvalue weighted by atomic mass is 79.9. The molecule has 0 atom stereocenters. The lowest BCUT2D eigenvalue weighted by Crippen LogP contribution is -2.04. The fourth-order valence-electron chi connectivity index (χ4n) is 2.12. The average molecular weight is 306 g/mol. The first-order chi connectivity index (χ1) is 8.78. The summed E-state index contributed by atoms with van der Waals surface area (Å²) in [5, 5.41) is 4.63. The van der Waals surface area contributed by atoms with Crippen LogP contribution in [0.25, 0.3) is 5.69 Å². The second-order valence-corrected chi connectivity index (χ2v) is 5.63. The molecule has 1 aromatic heterocycles. The van der Waals surface area contributed by atoms with Crippen LogP contribution in [0.2, 0.25) is 0 Å². The summed E-state index contributed by atoms with van der Waals surface area (Å²) in [7, 11) is 0. The highest BCUT2D eigenvalue weighted by Gasteiger charge is 2.25. The number of nitrogens with two attached hydrogens (primary N) is 1. The van der Waals surface area contributed by atoms with Gasteiger partial charge < -0.3 is 5.73 Å². The Morgan fingerprint density at radius 1 is 1.33 bits per heavy atom. The van der Waals surface area contributed by atoms with Crippen LogP contribution >= 0.6 is 15.9 Å². The van der Waals surface area contributed by atoms with E-state index in [9.17, 15) is 0 Å². The second kappa shape index (κ2) is 4.86. The van der Waals surface area contributed by atoms with Crippen molar-refractivity contribution in [3.05, 3.63) is 46.2 Å². The highest BCUT2D eigenvalue weighted by molar-refractivity contribution is 9.10. The van der Waals surface area contributed by atoms with Crippen molar-refractivity contribution in [3.8, 4) is 5.69 Å². The van der Waals surface area contributed by atoms with Crippen molar-refractivity contribution in [2.45, 2.75) is 25.2 Å². The zero-order valence-electron chi connectivity index (χ0n) is 10.1. The molecule has 0 spiro atoms. The van der Waals surface area contributed by atoms with Crippen LogP contribution in [0, 0.1) is 0 Å². The predicted octanol–water partition coefficient (Wildman–Crippen LogP) is 3.01. The minimum absolute atomic E-state index is 0.672. The first kappa shape index (κ1) is 11.9. The van der Waals surface area contributed by atoms with E-state index in [0.717, 1.165) is 16.6 Å². The number of hydrogen-bond acceptors (Lipinski definition) is 2. The fourth-order valence-corrected chi connectivity index (χ4v) is 2.68. The lowest BCUT2D eigenvalue weighted by atomic mass is 10.1. The van der Waals surface area contributed by atoms with Gasteiger partial charge in [-0.3, -0.25) is 0 Å². The molecule has 2 N–H and O–H groups in total. The molecule has 0 bridgehead atoms. The van der Waals surface area contributed by atoms with Gasteiger partial charge in [-0.1, -0.05) is 22.0 Å². The summed E-state index contributed by atoms with van der Waals surface area (Å²) >= 11 is 3.60. The maximum absolute atomic E-state index is 5.58. The van der Waals surface area contributed by atoms with Gasteiger partial charge in [0.25, 0.3) is 0 Å². The number of aromatic nitrogens is 2. The molecule has 0 saturated heterocycles. The van der Waals surface area contributed by atoms with Gasteiger partial charge in [0.2, 0.25) is 0 Å². The molecule has 1 aliphatic rings. The number of nitrogens with zero attached hydrogens (tertiary/aromatic N) is 2. The molecule has 1 fully saturated rings. The summed E-state index contributed by atoms with van der Waals surface area (Å²) < 4.78 is 3.05. The maximum atomic E-state index is 5.58. The molecule has 1 heterocycles. The Balaban J connectivity index is 1.88. The molecule has 0 amide bonds. The first-order valence-corrected chi connectivity index (χ1v) is 7.11. The molecule has 2 aromatic rings. The van der Waals surface area contributed by atoms with Crippen molar-refractivity contribution in [2.75, 3.05) is 6.54 Å². The number of hydrogen-bond donors (Lipinski definition) is 1. The quantitative estimate of drug-likeness (QED) is 0.943. The van der Waals surface area contributed by atoms with E-state index >= 15 is 0 Å². The monoisotopic (exact) mass is 305 g/mol. The summed E-state index contributed by atoms with van der Waals surface area (Å²) in [5.74, 6) is 0.700. The third kappa shape index (κ3) is 2.35. The molecule has 1 saturated carbocycles. The molecule has 0 radical (unpaired) electrons. The van der Waals surface area contributed by atoms with Crippen molar-refractivity contribution in [1.29, 1.82) is 0 Å². The summed E-state index contributed by atoms with van der Waals surface area (Å²) in [6, 6.07) is 8.44. The Labute approximate surface area is 115 Å². The van der Waals surface area contributed by atoms with Crippen molar-refractivity contribution < 1.29 is 0 Å². The number of rotatable bonds is 4. The summed E-state index contributed by atoms with van der Waals surface area (Å²) in [6.07, 6.45) is 5.51. The number of benzene rings is 1. The predicted molar refractivity (Wildman–Crippen MR) is 76.0 cm³/mol. The van der Waals surface area contributed by atoms with E-state index in [0.29, 0.717) is 12.5 Å². The molecule has 18 heavy (non-hydrogen) atoms. The zero-order chi connectivity index (χ0) is 12.5. The van der Waals surface area contributed by atoms with Crippen LogP contribution in [-0.2, 0) is 6.42 Å². The maximum Gasteiger partial charge on any atom is 0.0659 e. The largest absolute Gasteiger partial charge is 0.330 e. The minimum atomic E-state index is 0.672. The standard InChI is InChI=1S/C14H16BrN3/c15-13-9-12(4-3-10(13)5-7-16)18-8-6-14(17-18)11-1-2-11/h3-4,6,8-9,11H,1-2,5,7,16H2. The van der Waals surface area contributed by atoms with Gasteiger partial charge in [-0.15, -0.1) is 0 Å². The molecule has 0 aliphatic heterocycles. The zero-order valence-corrected chi connectivity index (χ0v) is 11.7. The van der Waals surface area contributed by atoms with Crippen molar-refractivity contribution in [1.82, 2.24) is 9.78 Å². The van der Waals surface area contributed by atoms with Gasteiger partial charge in [-0.25, -0.2) is 4.68 Å². The highest BCUT2D eigenvalue weighted by Crippen LogP contribution is 2.39. The smallest absolute Gasteiger partial charge is 0.0659 e. The minimum Gasteiger partial charge on any atom is -0.330 e. The Hall–Kier alpha value is -1.13. The average Bonchev–Trinajstić information content (AvgIpc) is 3.10. The summed E-state index contributed by atoms with van der Waals surface area (Å²) in [5.41, 5.74) is 9.14. The van der Waals surface area contributed by atoms with Crippen LogP contribution in [0.3, 0.4) is 0 Å². The lowest BCUT2D eigenvalue weighted by Gasteiger charge is -2.06. The van der Waals surface area contributed by atoms with Crippen LogP contribution in [0.5, 0.6) is 0 Å². The van der Waals surface area contributed by atoms with Crippen LogP contribution in [0.15, 0.2) is 34.9 Å². The Bertz CT molecular complexity index is 558. The first-order valence-electron chi connectivity index (χ1n) is 6.32. The van der Waals surface area contributed by atoms with E-state index in [1.807, 2.05) is 10.9 Å². The van der Waals surface area contributed by atoms with E-state index in [1.54, 1.807) is 0 Å². The van der Waals surface area contributed by atoms with Crippen LogP contribution in [0.4, 0.5) is 0 Å². The van der Waals surface area contributed by atoms with Crippen molar-refractivity contribution >= 4 is 15.9 Å². The lowest BCUT2D eigenvalue weighted by molar-refractivity contribution is 0.835. The van der Waals surface area contributed by atoms with Crippen molar-refractivity contribution in [3.63, 3.8) is 0 Å². The second-order valence-electron chi connectivity index (χ2n) is 4.77.